The summed E-state index contributed by atoms with van der Waals surface area (Å²) in [6.07, 6.45) is 0. The van der Waals surface area contributed by atoms with Crippen LogP contribution < -0.4 is 37.8 Å². The first-order valence-corrected chi connectivity index (χ1v) is 7.22. The molecule has 0 rings (SSSR count). The van der Waals surface area contributed by atoms with Gasteiger partial charge in [-0.05, 0) is 0 Å². The van der Waals surface area contributed by atoms with E-state index in [1.807, 2.05) is 0 Å². The maximum absolute atomic E-state index is 8.52. The largest absolute Gasteiger partial charge is 3.00 e. The minimum Gasteiger partial charge on any atom is -0.405 e. The summed E-state index contributed by atoms with van der Waals surface area (Å²) in [7, 11) is 0. The van der Waals surface area contributed by atoms with Crippen molar-refractivity contribution in [1.82, 2.24) is 0 Å². The van der Waals surface area contributed by atoms with Gasteiger partial charge in [0.1, 0.15) is 0 Å². The molecule has 0 saturated carbocycles. The fourth-order valence-electron chi connectivity index (χ4n) is 0. The third kappa shape index (κ3) is 706. The molecule has 9 nitrogen and oxygen atoms in total. The molecule has 0 aliphatic rings. The number of hydrogen-bond donors (Lipinski definition) is 0. The van der Waals surface area contributed by atoms with Crippen molar-refractivity contribution in [3.8, 4) is 0 Å². The van der Waals surface area contributed by atoms with Gasteiger partial charge in [-0.1, -0.05) is 0 Å². The summed E-state index contributed by atoms with van der Waals surface area (Å²) in [4.78, 5) is 0. The van der Waals surface area contributed by atoms with Crippen LogP contribution in [0.3, 0.4) is 0 Å². The molecule has 0 aromatic heterocycles. The average molecular weight is 411 g/mol. The van der Waals surface area contributed by atoms with Gasteiger partial charge in [0.05, 0.1) is 0 Å². The molecule has 0 saturated heterocycles. The Labute approximate surface area is 99.1 Å². The number of rotatable bonds is 0. The summed E-state index contributed by atoms with van der Waals surface area (Å²) in [5.74, 6) is 0. The van der Waals surface area contributed by atoms with Crippen molar-refractivity contribution in [3.05, 3.63) is 0 Å². The van der Waals surface area contributed by atoms with Gasteiger partial charge in [-0.25, -0.2) is 0 Å². The minimum absolute atomic E-state index is 0. The predicted molar refractivity (Wildman–Crippen MR) is 5.75 cm³/mol. The molecule has 0 N–H and O–H groups in total. The number of hydrogen-bond acceptors (Lipinski definition) is 9. The normalized spacial score (nSPS) is 8.31. The van der Waals surface area contributed by atoms with E-state index in [0.717, 1.165) is 0 Å². The van der Waals surface area contributed by atoms with E-state index in [1.165, 1.54) is 0 Å². The quantitative estimate of drug-likeness (QED) is 0.346. The molecule has 13 heteroatoms. The molecule has 0 amide bonds. The first-order chi connectivity index (χ1) is 5.20. The minimum atomic E-state index is -3.65. The third-order valence-corrected chi connectivity index (χ3v) is 0. The van der Waals surface area contributed by atoms with Gasteiger partial charge >= 0.3 is 17.4 Å². The maximum atomic E-state index is 8.52. The molecule has 0 heterocycles. The summed E-state index contributed by atoms with van der Waals surface area (Å²) in [6, 6.07) is 0. The summed E-state index contributed by atoms with van der Waals surface area (Å²) in [5.41, 5.74) is 0. The second kappa shape index (κ2) is 19.2. The summed E-state index contributed by atoms with van der Waals surface area (Å²) in [5, 5.41) is 0. The van der Waals surface area contributed by atoms with Crippen LogP contribution in [0.15, 0.2) is 0 Å². The molecular weight excluding hydrogens is 411 g/mol. The van der Waals surface area contributed by atoms with Crippen LogP contribution in [-0.4, -0.2) is 17.4 Å². The summed E-state index contributed by atoms with van der Waals surface area (Å²) in [6.45, 7) is 0. The van der Waals surface area contributed by atoms with Crippen molar-refractivity contribution in [1.29, 1.82) is 0 Å². The molecule has 0 aliphatic heterocycles. The standard InChI is InChI=1S/Al.3BrO3/c;3*2-1(3)4/q+3;3*-1. The molecule has 0 spiro atoms. The van der Waals surface area contributed by atoms with E-state index >= 15 is 0 Å². The molecule has 0 atom stereocenters. The van der Waals surface area contributed by atoms with E-state index in [1.54, 1.807) is 0 Å². The van der Waals surface area contributed by atoms with Crippen molar-refractivity contribution in [3.63, 3.8) is 0 Å². The molecule has 78 valence electrons. The van der Waals surface area contributed by atoms with Gasteiger partial charge < -0.3 is 37.8 Å². The molecule has 0 aromatic rings. The van der Waals surface area contributed by atoms with Crippen LogP contribution in [0.5, 0.6) is 0 Å². The van der Waals surface area contributed by atoms with Crippen LogP contribution >= 0.6 is 0 Å². The van der Waals surface area contributed by atoms with E-state index in [0.29, 0.717) is 0 Å². The van der Waals surface area contributed by atoms with Gasteiger partial charge in [-0.15, -0.1) is 0 Å². The van der Waals surface area contributed by atoms with Crippen LogP contribution in [0.4, 0.5) is 0 Å². The Balaban J connectivity index is -0.0000000450. The van der Waals surface area contributed by atoms with E-state index in [4.69, 9.17) is 37.8 Å². The Morgan fingerprint density at radius 3 is 0.385 bits per heavy atom. The molecular formula is AlBr3O9. The Morgan fingerprint density at radius 1 is 0.385 bits per heavy atom. The Kier molecular flexibility index (Phi) is 35.6. The summed E-state index contributed by atoms with van der Waals surface area (Å²) < 4.78 is 76.7. The van der Waals surface area contributed by atoms with E-state index in [2.05, 4.69) is 0 Å². The maximum Gasteiger partial charge on any atom is 3.00 e. The Bertz CT molecular complexity index is 43.4. The van der Waals surface area contributed by atoms with Gasteiger partial charge in [0.2, 0.25) is 44.4 Å². The van der Waals surface area contributed by atoms with Gasteiger partial charge in [0.25, 0.3) is 0 Å². The zero-order chi connectivity index (χ0) is 10.7. The second-order valence-electron chi connectivity index (χ2n) is 0.567. The average Bonchev–Trinajstić information content (AvgIpc) is 1.54. The molecule has 0 bridgehead atoms. The van der Waals surface area contributed by atoms with Crippen LogP contribution in [0, 0.1) is 44.4 Å². The van der Waals surface area contributed by atoms with E-state index < -0.39 is 44.4 Å². The van der Waals surface area contributed by atoms with E-state index in [-0.39, 0.29) is 17.4 Å². The van der Waals surface area contributed by atoms with Crippen LogP contribution in [0.1, 0.15) is 0 Å². The smallest absolute Gasteiger partial charge is 0.405 e. The second-order valence-corrected chi connectivity index (χ2v) is 2.95. The molecule has 0 radical (unpaired) electrons. The first kappa shape index (κ1) is 24.0. The zero-order valence-corrected chi connectivity index (χ0v) is 11.3. The van der Waals surface area contributed by atoms with Crippen LogP contribution in [-0.2, 0) is 0 Å². The predicted octanol–water partition coefficient (Wildman–Crippen LogP) is -11.1. The molecule has 0 aromatic carbocycles. The van der Waals surface area contributed by atoms with Gasteiger partial charge in [-0.2, -0.15) is 0 Å². The van der Waals surface area contributed by atoms with Crippen LogP contribution in [0.2, 0.25) is 0 Å². The van der Waals surface area contributed by atoms with Gasteiger partial charge in [-0.3, -0.25) is 0 Å². The van der Waals surface area contributed by atoms with Gasteiger partial charge in [0, 0.05) is 0 Å². The summed E-state index contributed by atoms with van der Waals surface area (Å²) >= 11 is -10.9. The van der Waals surface area contributed by atoms with Crippen molar-refractivity contribution in [2.24, 2.45) is 0 Å². The van der Waals surface area contributed by atoms with Crippen molar-refractivity contribution >= 4 is 17.4 Å². The molecule has 13 heavy (non-hydrogen) atoms. The first-order valence-electron chi connectivity index (χ1n) is 1.39. The SMILES string of the molecule is [Al+3].[O-][Br+2]([O-])[O-].[O-][Br+2]([O-])[O-].[O-][Br+2]([O-])[O-]. The number of halogens is 3. The van der Waals surface area contributed by atoms with Crippen molar-refractivity contribution < 1.29 is 82.2 Å². The zero-order valence-electron chi connectivity index (χ0n) is 5.39. The Hall–Kier alpha value is 1.61. The van der Waals surface area contributed by atoms with Gasteiger partial charge in [0.15, 0.2) is 0 Å². The fraction of sp³-hybridized carbons (Fsp3) is 0. The third-order valence-electron chi connectivity index (χ3n) is 0. The topological polar surface area (TPSA) is 208 Å². The van der Waals surface area contributed by atoms with E-state index in [9.17, 15) is 0 Å². The molecule has 0 aliphatic carbocycles. The van der Waals surface area contributed by atoms with Crippen molar-refractivity contribution in [2.75, 3.05) is 0 Å². The molecule has 0 fully saturated rings. The van der Waals surface area contributed by atoms with Crippen molar-refractivity contribution in [2.45, 2.75) is 0 Å². The monoisotopic (exact) mass is 408 g/mol. The molecule has 0 unspecified atom stereocenters. The van der Waals surface area contributed by atoms with Crippen LogP contribution in [0.25, 0.3) is 0 Å². The fourth-order valence-corrected chi connectivity index (χ4v) is 0. The Morgan fingerprint density at radius 2 is 0.385 bits per heavy atom.